The Morgan fingerprint density at radius 1 is 1.14 bits per heavy atom. The molecule has 0 radical (unpaired) electrons. The number of nitrogens with zero attached hydrogens (tertiary/aromatic N) is 1. The summed E-state index contributed by atoms with van der Waals surface area (Å²) in [5.74, 6) is 0. The summed E-state index contributed by atoms with van der Waals surface area (Å²) >= 11 is 0. The SMILES string of the molecule is CS(=O)c1cccc(-c2ccc(S(=O)(=O)N[C@@H]3CCCc4[nH]ncc43)cc2)c1. The summed E-state index contributed by atoms with van der Waals surface area (Å²) in [6.45, 7) is 0. The predicted octanol–water partition coefficient (Wildman–Crippen LogP) is 3.17. The summed E-state index contributed by atoms with van der Waals surface area (Å²) in [5, 5.41) is 6.98. The van der Waals surface area contributed by atoms with E-state index in [4.69, 9.17) is 0 Å². The maximum Gasteiger partial charge on any atom is 0.241 e. The molecule has 2 atom stereocenters. The summed E-state index contributed by atoms with van der Waals surface area (Å²) in [7, 11) is -4.71. The number of aromatic nitrogens is 2. The number of nitrogens with one attached hydrogen (secondary N) is 2. The molecule has 1 unspecified atom stereocenters. The first-order chi connectivity index (χ1) is 13.4. The Morgan fingerprint density at radius 3 is 2.68 bits per heavy atom. The summed E-state index contributed by atoms with van der Waals surface area (Å²) in [6, 6.07) is 13.9. The van der Waals surface area contributed by atoms with Gasteiger partial charge in [0.05, 0.1) is 17.1 Å². The average molecular weight is 416 g/mol. The lowest BCUT2D eigenvalue weighted by molar-refractivity contribution is 0.505. The Morgan fingerprint density at radius 2 is 1.93 bits per heavy atom. The number of aryl methyl sites for hydroxylation is 1. The molecule has 0 amide bonds. The van der Waals surface area contributed by atoms with Crippen LogP contribution in [0.3, 0.4) is 0 Å². The zero-order valence-corrected chi connectivity index (χ0v) is 17.0. The van der Waals surface area contributed by atoms with Crippen molar-refractivity contribution in [1.29, 1.82) is 0 Å². The van der Waals surface area contributed by atoms with E-state index in [0.29, 0.717) is 0 Å². The number of aromatic amines is 1. The largest absolute Gasteiger partial charge is 0.282 e. The van der Waals surface area contributed by atoms with Crippen molar-refractivity contribution in [2.45, 2.75) is 35.1 Å². The Balaban J connectivity index is 1.57. The van der Waals surface area contributed by atoms with E-state index in [1.165, 1.54) is 0 Å². The van der Waals surface area contributed by atoms with Crippen LogP contribution in [0.2, 0.25) is 0 Å². The Kier molecular flexibility index (Phi) is 5.18. The van der Waals surface area contributed by atoms with Gasteiger partial charge in [-0.2, -0.15) is 5.10 Å². The van der Waals surface area contributed by atoms with Gasteiger partial charge in [-0.1, -0.05) is 24.3 Å². The summed E-state index contributed by atoms with van der Waals surface area (Å²) in [6.07, 6.45) is 5.90. The van der Waals surface area contributed by atoms with Crippen LogP contribution in [0.4, 0.5) is 0 Å². The monoisotopic (exact) mass is 415 g/mol. The molecule has 146 valence electrons. The van der Waals surface area contributed by atoms with Crippen molar-refractivity contribution in [3.8, 4) is 11.1 Å². The van der Waals surface area contributed by atoms with Crippen molar-refractivity contribution < 1.29 is 12.6 Å². The van der Waals surface area contributed by atoms with Crippen LogP contribution in [0.25, 0.3) is 11.1 Å². The predicted molar refractivity (Wildman–Crippen MR) is 109 cm³/mol. The van der Waals surface area contributed by atoms with Crippen LogP contribution in [0, 0.1) is 0 Å². The normalized spacial score (nSPS) is 17.8. The molecular weight excluding hydrogens is 394 g/mol. The third kappa shape index (κ3) is 3.80. The van der Waals surface area contributed by atoms with E-state index in [1.54, 1.807) is 36.7 Å². The molecule has 0 fully saturated rings. The van der Waals surface area contributed by atoms with E-state index in [2.05, 4.69) is 14.9 Å². The van der Waals surface area contributed by atoms with Crippen molar-refractivity contribution >= 4 is 20.8 Å². The highest BCUT2D eigenvalue weighted by atomic mass is 32.2. The minimum Gasteiger partial charge on any atom is -0.282 e. The van der Waals surface area contributed by atoms with Gasteiger partial charge in [0.25, 0.3) is 0 Å². The molecule has 1 heterocycles. The third-order valence-electron chi connectivity index (χ3n) is 5.01. The Hall–Kier alpha value is -2.29. The van der Waals surface area contributed by atoms with Crippen LogP contribution < -0.4 is 4.72 Å². The standard InChI is InChI=1S/C20H21N3O3S2/c1-27(24)16-5-2-4-15(12-16)14-8-10-17(11-9-14)28(25,26)23-20-7-3-6-19-18(20)13-21-22-19/h2,4-5,8-13,20,23H,3,6-7H2,1H3,(H,21,22)/t20-,27?/m1/s1. The number of fused-ring (bicyclic) bond motifs is 1. The molecule has 8 heteroatoms. The van der Waals surface area contributed by atoms with Crippen molar-refractivity contribution in [2.75, 3.05) is 6.26 Å². The second kappa shape index (κ2) is 7.62. The fraction of sp³-hybridized carbons (Fsp3) is 0.250. The van der Waals surface area contributed by atoms with E-state index < -0.39 is 20.8 Å². The summed E-state index contributed by atoms with van der Waals surface area (Å²) < 4.78 is 40.2. The lowest BCUT2D eigenvalue weighted by Crippen LogP contribution is -2.30. The third-order valence-corrected chi connectivity index (χ3v) is 7.41. The van der Waals surface area contributed by atoms with Crippen LogP contribution >= 0.6 is 0 Å². The van der Waals surface area contributed by atoms with E-state index in [-0.39, 0.29) is 10.9 Å². The Bertz CT molecular complexity index is 1120. The van der Waals surface area contributed by atoms with Gasteiger partial charge in [-0.15, -0.1) is 0 Å². The summed E-state index contributed by atoms with van der Waals surface area (Å²) in [4.78, 5) is 0.964. The quantitative estimate of drug-likeness (QED) is 0.669. The molecule has 28 heavy (non-hydrogen) atoms. The first-order valence-electron chi connectivity index (χ1n) is 9.02. The van der Waals surface area contributed by atoms with Crippen LogP contribution in [-0.2, 0) is 27.2 Å². The minimum atomic E-state index is -3.64. The van der Waals surface area contributed by atoms with Crippen LogP contribution in [0.5, 0.6) is 0 Å². The Labute approximate surface area is 166 Å². The van der Waals surface area contributed by atoms with E-state index in [0.717, 1.165) is 46.5 Å². The van der Waals surface area contributed by atoms with Crippen LogP contribution in [0.15, 0.2) is 64.5 Å². The van der Waals surface area contributed by atoms with Gasteiger partial charge in [0.15, 0.2) is 0 Å². The van der Waals surface area contributed by atoms with Crippen molar-refractivity contribution in [2.24, 2.45) is 0 Å². The van der Waals surface area contributed by atoms with Crippen molar-refractivity contribution in [1.82, 2.24) is 14.9 Å². The van der Waals surface area contributed by atoms with Gasteiger partial charge in [0.2, 0.25) is 10.0 Å². The molecule has 4 rings (SSSR count). The molecule has 1 aromatic heterocycles. The number of hydrogen-bond acceptors (Lipinski definition) is 4. The zero-order valence-electron chi connectivity index (χ0n) is 15.4. The molecule has 2 N–H and O–H groups in total. The van der Waals surface area contributed by atoms with Gasteiger partial charge in [-0.3, -0.25) is 9.31 Å². The van der Waals surface area contributed by atoms with Crippen LogP contribution in [-0.4, -0.2) is 29.1 Å². The topological polar surface area (TPSA) is 91.9 Å². The first kappa shape index (κ1) is 19.0. The minimum absolute atomic E-state index is 0.224. The lowest BCUT2D eigenvalue weighted by atomic mass is 9.94. The molecule has 1 aliphatic carbocycles. The first-order valence-corrected chi connectivity index (χ1v) is 12.1. The van der Waals surface area contributed by atoms with Gasteiger partial charge in [0, 0.05) is 33.2 Å². The second-order valence-corrected chi connectivity index (χ2v) is 9.97. The maximum absolute atomic E-state index is 12.8. The molecule has 0 saturated carbocycles. The highest BCUT2D eigenvalue weighted by Crippen LogP contribution is 2.30. The summed E-state index contributed by atoms with van der Waals surface area (Å²) in [5.41, 5.74) is 3.71. The fourth-order valence-corrected chi connectivity index (χ4v) is 5.33. The highest BCUT2D eigenvalue weighted by molar-refractivity contribution is 7.89. The molecule has 6 nitrogen and oxygen atoms in total. The number of rotatable bonds is 5. The molecule has 0 aliphatic heterocycles. The average Bonchev–Trinajstić information content (AvgIpc) is 3.18. The molecular formula is C20H21N3O3S2. The van der Waals surface area contributed by atoms with E-state index in [1.807, 2.05) is 24.3 Å². The van der Waals surface area contributed by atoms with Crippen molar-refractivity contribution in [3.63, 3.8) is 0 Å². The highest BCUT2D eigenvalue weighted by Gasteiger charge is 2.27. The number of sulfonamides is 1. The molecule has 0 spiro atoms. The zero-order chi connectivity index (χ0) is 19.7. The fourth-order valence-electron chi connectivity index (χ4n) is 3.52. The van der Waals surface area contributed by atoms with E-state index in [9.17, 15) is 12.6 Å². The molecule has 3 aromatic rings. The van der Waals surface area contributed by atoms with E-state index >= 15 is 0 Å². The molecule has 1 aliphatic rings. The molecule has 0 bridgehead atoms. The smallest absolute Gasteiger partial charge is 0.241 e. The number of H-pyrrole nitrogens is 1. The second-order valence-electron chi connectivity index (χ2n) is 6.88. The lowest BCUT2D eigenvalue weighted by Gasteiger charge is -2.22. The maximum atomic E-state index is 12.8. The van der Waals surface area contributed by atoms with Crippen LogP contribution in [0.1, 0.15) is 30.1 Å². The van der Waals surface area contributed by atoms with Gasteiger partial charge in [0.1, 0.15) is 0 Å². The molecule has 2 aromatic carbocycles. The van der Waals surface area contributed by atoms with Gasteiger partial charge in [-0.25, -0.2) is 13.1 Å². The number of benzene rings is 2. The van der Waals surface area contributed by atoms with Gasteiger partial charge < -0.3 is 0 Å². The van der Waals surface area contributed by atoms with Gasteiger partial charge in [-0.05, 0) is 54.7 Å². The molecule has 0 saturated heterocycles. The van der Waals surface area contributed by atoms with Crippen molar-refractivity contribution in [3.05, 3.63) is 66.0 Å². The van der Waals surface area contributed by atoms with Gasteiger partial charge >= 0.3 is 0 Å². The number of hydrogen-bond donors (Lipinski definition) is 2.